The summed E-state index contributed by atoms with van der Waals surface area (Å²) in [7, 11) is 3.10. The number of hydrogen-bond acceptors (Lipinski definition) is 9. The van der Waals surface area contributed by atoms with Crippen molar-refractivity contribution in [3.05, 3.63) is 66.0 Å². The fourth-order valence-electron chi connectivity index (χ4n) is 2.91. The van der Waals surface area contributed by atoms with Gasteiger partial charge in [0.2, 0.25) is 0 Å². The number of ether oxygens (including phenoxy) is 3. The zero-order valence-corrected chi connectivity index (χ0v) is 18.3. The molecule has 0 saturated heterocycles. The summed E-state index contributed by atoms with van der Waals surface area (Å²) in [4.78, 5) is 32.2. The van der Waals surface area contributed by atoms with Gasteiger partial charge in [-0.2, -0.15) is 0 Å². The molecule has 3 rings (SSSR count). The minimum Gasteiger partial charge on any atom is -0.495 e. The topological polar surface area (TPSA) is 138 Å². The third kappa shape index (κ3) is 6.65. The Balaban J connectivity index is 1.72. The van der Waals surface area contributed by atoms with Gasteiger partial charge in [-0.15, -0.1) is 0 Å². The summed E-state index contributed by atoms with van der Waals surface area (Å²) in [6.07, 6.45) is 3.06. The summed E-state index contributed by atoms with van der Waals surface area (Å²) < 4.78 is 15.2. The second-order valence-corrected chi connectivity index (χ2v) is 6.87. The van der Waals surface area contributed by atoms with E-state index in [9.17, 15) is 9.59 Å². The van der Waals surface area contributed by atoms with Crippen molar-refractivity contribution in [1.29, 1.82) is 0 Å². The Morgan fingerprint density at radius 1 is 0.939 bits per heavy atom. The Labute approximate surface area is 191 Å². The largest absolute Gasteiger partial charge is 0.495 e. The van der Waals surface area contributed by atoms with Crippen LogP contribution in [0.5, 0.6) is 5.75 Å². The second-order valence-electron chi connectivity index (χ2n) is 6.87. The smallest absolute Gasteiger partial charge is 0.310 e. The summed E-state index contributed by atoms with van der Waals surface area (Å²) in [6, 6.07) is 12.4. The van der Waals surface area contributed by atoms with Gasteiger partial charge in [0.25, 0.3) is 5.91 Å². The maximum atomic E-state index is 11.9. The molecule has 1 aromatic carbocycles. The number of anilines is 4. The van der Waals surface area contributed by atoms with Gasteiger partial charge in [0.05, 0.1) is 37.1 Å². The Bertz CT molecular complexity index is 1100. The van der Waals surface area contributed by atoms with E-state index in [1.54, 1.807) is 37.6 Å². The predicted molar refractivity (Wildman–Crippen MR) is 123 cm³/mol. The quantitative estimate of drug-likeness (QED) is 0.297. The van der Waals surface area contributed by atoms with E-state index in [-0.39, 0.29) is 24.6 Å². The van der Waals surface area contributed by atoms with Crippen LogP contribution < -0.4 is 21.1 Å². The number of nitrogens with one attached hydrogen (secondary N) is 2. The molecule has 0 aliphatic rings. The maximum absolute atomic E-state index is 11.9. The predicted octanol–water partition coefficient (Wildman–Crippen LogP) is 2.80. The van der Waals surface area contributed by atoms with Gasteiger partial charge < -0.3 is 30.6 Å². The molecule has 33 heavy (non-hydrogen) atoms. The van der Waals surface area contributed by atoms with E-state index >= 15 is 0 Å². The molecule has 2 aromatic heterocycles. The van der Waals surface area contributed by atoms with E-state index in [0.29, 0.717) is 40.9 Å². The lowest BCUT2D eigenvalue weighted by Gasteiger charge is -2.14. The number of methoxy groups -OCH3 is 2. The molecule has 1 amide bonds. The highest BCUT2D eigenvalue weighted by Crippen LogP contribution is 2.30. The summed E-state index contributed by atoms with van der Waals surface area (Å²) in [5.41, 5.74) is 7.56. The fraction of sp³-hybridized carbons (Fsp3) is 0.217. The van der Waals surface area contributed by atoms with Crippen LogP contribution in [0.2, 0.25) is 0 Å². The van der Waals surface area contributed by atoms with E-state index in [2.05, 4.69) is 20.6 Å². The zero-order chi connectivity index (χ0) is 23.6. The van der Waals surface area contributed by atoms with Crippen LogP contribution in [0.1, 0.15) is 15.9 Å². The first kappa shape index (κ1) is 23.5. The number of rotatable bonds is 11. The van der Waals surface area contributed by atoms with Gasteiger partial charge in [0, 0.05) is 25.6 Å². The number of aromatic nitrogens is 2. The molecule has 4 N–H and O–H groups in total. The summed E-state index contributed by atoms with van der Waals surface area (Å²) in [5, 5.41) is 6.23. The number of carbonyl (C=O) groups excluding carboxylic acids is 2. The molecule has 10 nitrogen and oxygen atoms in total. The number of esters is 1. The molecule has 0 fully saturated rings. The van der Waals surface area contributed by atoms with Gasteiger partial charge in [0.15, 0.2) is 0 Å². The molecular weight excluding hydrogens is 426 g/mol. The molecule has 0 aliphatic heterocycles. The van der Waals surface area contributed by atoms with Crippen molar-refractivity contribution in [2.24, 2.45) is 5.73 Å². The van der Waals surface area contributed by atoms with Crippen molar-refractivity contribution >= 4 is 34.9 Å². The fourth-order valence-corrected chi connectivity index (χ4v) is 2.91. The van der Waals surface area contributed by atoms with Crippen molar-refractivity contribution < 1.29 is 23.8 Å². The molecule has 0 aliphatic carbocycles. The van der Waals surface area contributed by atoms with Gasteiger partial charge in [-0.3, -0.25) is 9.59 Å². The molecule has 0 saturated carbocycles. The number of nitrogens with zero attached hydrogens (tertiary/aromatic N) is 2. The summed E-state index contributed by atoms with van der Waals surface area (Å²) in [5.74, 6) is 0.583. The molecule has 0 atom stereocenters. The first-order valence-electron chi connectivity index (χ1n) is 10.1. The van der Waals surface area contributed by atoms with Crippen LogP contribution in [0, 0.1) is 0 Å². The van der Waals surface area contributed by atoms with E-state index < -0.39 is 5.91 Å². The molecule has 172 valence electrons. The van der Waals surface area contributed by atoms with Crippen LogP contribution in [0.3, 0.4) is 0 Å². The Morgan fingerprint density at radius 3 is 2.42 bits per heavy atom. The van der Waals surface area contributed by atoms with Gasteiger partial charge in [0.1, 0.15) is 24.0 Å². The highest BCUT2D eigenvalue weighted by Gasteiger charge is 2.13. The van der Waals surface area contributed by atoms with Crippen LogP contribution in [0.4, 0.5) is 23.0 Å². The SMILES string of the molecule is COCCOC(=O)Cc1ccc(Nc2cc(Nc3ccccc3OC)c(C(N)=O)cn2)nc1. The molecule has 2 heterocycles. The number of benzene rings is 1. The minimum atomic E-state index is -0.619. The number of carbonyl (C=O) groups is 2. The monoisotopic (exact) mass is 451 g/mol. The van der Waals surface area contributed by atoms with E-state index in [0.717, 1.165) is 0 Å². The van der Waals surface area contributed by atoms with Crippen molar-refractivity contribution in [2.45, 2.75) is 6.42 Å². The van der Waals surface area contributed by atoms with Crippen molar-refractivity contribution in [3.8, 4) is 5.75 Å². The van der Waals surface area contributed by atoms with Crippen molar-refractivity contribution in [1.82, 2.24) is 9.97 Å². The van der Waals surface area contributed by atoms with Gasteiger partial charge in [-0.1, -0.05) is 18.2 Å². The average Bonchev–Trinajstić information content (AvgIpc) is 2.81. The summed E-state index contributed by atoms with van der Waals surface area (Å²) >= 11 is 0. The van der Waals surface area contributed by atoms with Crippen molar-refractivity contribution in [3.63, 3.8) is 0 Å². The second kappa shape index (κ2) is 11.4. The number of hydrogen-bond donors (Lipinski definition) is 3. The first-order valence-corrected chi connectivity index (χ1v) is 10.1. The Hall–Kier alpha value is -4.18. The number of amides is 1. The number of para-hydroxylation sites is 2. The van der Waals surface area contributed by atoms with Crippen LogP contribution in [0.25, 0.3) is 0 Å². The van der Waals surface area contributed by atoms with E-state index in [1.165, 1.54) is 13.3 Å². The lowest BCUT2D eigenvalue weighted by molar-refractivity contribution is -0.144. The Morgan fingerprint density at radius 2 is 1.73 bits per heavy atom. The number of pyridine rings is 2. The van der Waals surface area contributed by atoms with Gasteiger partial charge in [-0.05, 0) is 23.8 Å². The van der Waals surface area contributed by atoms with Crippen molar-refractivity contribution in [2.75, 3.05) is 38.1 Å². The van der Waals surface area contributed by atoms with E-state index in [1.807, 2.05) is 18.2 Å². The zero-order valence-electron chi connectivity index (χ0n) is 18.3. The normalized spacial score (nSPS) is 10.4. The van der Waals surface area contributed by atoms with Gasteiger partial charge >= 0.3 is 5.97 Å². The lowest BCUT2D eigenvalue weighted by Crippen LogP contribution is -2.14. The lowest BCUT2D eigenvalue weighted by atomic mass is 10.2. The first-order chi connectivity index (χ1) is 16.0. The third-order valence-corrected chi connectivity index (χ3v) is 4.53. The van der Waals surface area contributed by atoms with Crippen LogP contribution >= 0.6 is 0 Å². The molecule has 0 spiro atoms. The van der Waals surface area contributed by atoms with E-state index in [4.69, 9.17) is 19.9 Å². The standard InChI is InChI=1S/C23H25N5O5/c1-31-9-10-33-22(29)11-15-7-8-20(25-13-15)28-21-12-18(16(14-26-21)23(24)30)27-17-5-3-4-6-19(17)32-2/h3-8,12-14H,9-11H2,1-2H3,(H2,24,30)(H2,25,26,27,28). The third-order valence-electron chi connectivity index (χ3n) is 4.53. The average molecular weight is 451 g/mol. The van der Waals surface area contributed by atoms with Crippen LogP contribution in [0.15, 0.2) is 54.9 Å². The molecule has 10 heteroatoms. The van der Waals surface area contributed by atoms with Crippen LogP contribution in [-0.4, -0.2) is 49.3 Å². The molecule has 0 bridgehead atoms. The highest BCUT2D eigenvalue weighted by atomic mass is 16.6. The summed E-state index contributed by atoms with van der Waals surface area (Å²) in [6.45, 7) is 0.558. The minimum absolute atomic E-state index is 0.107. The maximum Gasteiger partial charge on any atom is 0.310 e. The Kier molecular flexibility index (Phi) is 8.14. The molecular formula is C23H25N5O5. The number of nitrogens with two attached hydrogens (primary N) is 1. The molecule has 3 aromatic rings. The molecule has 0 radical (unpaired) electrons. The number of primary amides is 1. The van der Waals surface area contributed by atoms with Gasteiger partial charge in [-0.25, -0.2) is 9.97 Å². The highest BCUT2D eigenvalue weighted by molar-refractivity contribution is 5.99. The molecule has 0 unspecified atom stereocenters. The van der Waals surface area contributed by atoms with Crippen LogP contribution in [-0.2, 0) is 20.7 Å².